The molecule has 29 heavy (non-hydrogen) atoms. The SMILES string of the molecule is O=C(CC(c1ccccc1)c1ccccc1)NC[C@@H]1CCCN1c1ccccn1. The lowest BCUT2D eigenvalue weighted by atomic mass is 9.88. The Bertz CT molecular complexity index is 860. The van der Waals surface area contributed by atoms with Crippen molar-refractivity contribution in [1.82, 2.24) is 10.3 Å². The van der Waals surface area contributed by atoms with Crippen LogP contribution in [0.1, 0.15) is 36.3 Å². The van der Waals surface area contributed by atoms with Gasteiger partial charge in [0.15, 0.2) is 0 Å². The number of carbonyl (C=O) groups excluding carboxylic acids is 1. The number of hydrogen-bond donors (Lipinski definition) is 1. The summed E-state index contributed by atoms with van der Waals surface area (Å²) in [5.74, 6) is 1.15. The van der Waals surface area contributed by atoms with Crippen LogP contribution >= 0.6 is 0 Å². The van der Waals surface area contributed by atoms with E-state index in [-0.39, 0.29) is 11.8 Å². The number of nitrogens with one attached hydrogen (secondary N) is 1. The van der Waals surface area contributed by atoms with Crippen LogP contribution < -0.4 is 10.2 Å². The number of pyridine rings is 1. The van der Waals surface area contributed by atoms with Crippen LogP contribution in [-0.2, 0) is 4.79 Å². The third kappa shape index (κ3) is 4.83. The van der Waals surface area contributed by atoms with Crippen molar-refractivity contribution < 1.29 is 4.79 Å². The number of anilines is 1. The Labute approximate surface area is 172 Å². The topological polar surface area (TPSA) is 45.2 Å². The maximum atomic E-state index is 12.9. The van der Waals surface area contributed by atoms with Crippen molar-refractivity contribution in [2.24, 2.45) is 0 Å². The fourth-order valence-electron chi connectivity index (χ4n) is 4.16. The molecule has 3 aromatic rings. The van der Waals surface area contributed by atoms with E-state index >= 15 is 0 Å². The van der Waals surface area contributed by atoms with Crippen molar-refractivity contribution in [2.45, 2.75) is 31.2 Å². The molecule has 0 aliphatic carbocycles. The van der Waals surface area contributed by atoms with Gasteiger partial charge < -0.3 is 10.2 Å². The molecule has 0 bridgehead atoms. The molecule has 1 saturated heterocycles. The van der Waals surface area contributed by atoms with E-state index in [1.54, 1.807) is 0 Å². The van der Waals surface area contributed by atoms with Crippen molar-refractivity contribution in [2.75, 3.05) is 18.0 Å². The van der Waals surface area contributed by atoms with Gasteiger partial charge in [0.2, 0.25) is 5.91 Å². The molecule has 0 unspecified atom stereocenters. The monoisotopic (exact) mass is 385 g/mol. The Morgan fingerprint density at radius 1 is 0.966 bits per heavy atom. The van der Waals surface area contributed by atoms with Gasteiger partial charge in [-0.05, 0) is 36.1 Å². The molecule has 1 atom stereocenters. The first kappa shape index (κ1) is 19.2. The minimum Gasteiger partial charge on any atom is -0.354 e. The average Bonchev–Trinajstić information content (AvgIpc) is 3.26. The summed E-state index contributed by atoms with van der Waals surface area (Å²) in [6.45, 7) is 1.65. The first-order valence-corrected chi connectivity index (χ1v) is 10.4. The number of aromatic nitrogens is 1. The molecule has 1 N–H and O–H groups in total. The van der Waals surface area contributed by atoms with Crippen LogP contribution in [0.15, 0.2) is 85.1 Å². The molecular weight excluding hydrogens is 358 g/mol. The largest absolute Gasteiger partial charge is 0.354 e. The van der Waals surface area contributed by atoms with E-state index < -0.39 is 0 Å². The van der Waals surface area contributed by atoms with Gasteiger partial charge in [-0.2, -0.15) is 0 Å². The molecule has 1 aliphatic rings. The smallest absolute Gasteiger partial charge is 0.221 e. The molecule has 2 heterocycles. The molecule has 4 rings (SSSR count). The first-order valence-electron chi connectivity index (χ1n) is 10.4. The van der Waals surface area contributed by atoms with Crippen LogP contribution in [0.2, 0.25) is 0 Å². The van der Waals surface area contributed by atoms with Crippen molar-refractivity contribution >= 4 is 11.7 Å². The van der Waals surface area contributed by atoms with Crippen molar-refractivity contribution in [1.29, 1.82) is 0 Å². The summed E-state index contributed by atoms with van der Waals surface area (Å²) in [5.41, 5.74) is 2.34. The summed E-state index contributed by atoms with van der Waals surface area (Å²) in [5, 5.41) is 3.19. The van der Waals surface area contributed by atoms with Crippen LogP contribution in [0.3, 0.4) is 0 Å². The van der Waals surface area contributed by atoms with E-state index in [9.17, 15) is 4.79 Å². The fourth-order valence-corrected chi connectivity index (χ4v) is 4.16. The van der Waals surface area contributed by atoms with Crippen LogP contribution in [0.25, 0.3) is 0 Å². The van der Waals surface area contributed by atoms with Crippen molar-refractivity contribution in [3.05, 3.63) is 96.2 Å². The van der Waals surface area contributed by atoms with Crippen molar-refractivity contribution in [3.63, 3.8) is 0 Å². The molecule has 0 spiro atoms. The molecule has 4 heteroatoms. The lowest BCUT2D eigenvalue weighted by molar-refractivity contribution is -0.121. The molecule has 1 fully saturated rings. The van der Waals surface area contributed by atoms with Crippen LogP contribution in [0.4, 0.5) is 5.82 Å². The predicted octanol–water partition coefficient (Wildman–Crippen LogP) is 4.39. The van der Waals surface area contributed by atoms with E-state index in [0.29, 0.717) is 19.0 Å². The Kier molecular flexibility index (Phi) is 6.20. The molecule has 4 nitrogen and oxygen atoms in total. The Morgan fingerprint density at radius 2 is 1.62 bits per heavy atom. The molecule has 1 aliphatic heterocycles. The summed E-state index contributed by atoms with van der Waals surface area (Å²) >= 11 is 0. The van der Waals surface area contributed by atoms with Gasteiger partial charge in [-0.3, -0.25) is 4.79 Å². The summed E-state index contributed by atoms with van der Waals surface area (Å²) in [6.07, 6.45) is 4.49. The second-order valence-electron chi connectivity index (χ2n) is 7.56. The van der Waals surface area contributed by atoms with E-state index in [0.717, 1.165) is 25.2 Å². The normalized spacial score (nSPS) is 16.2. The number of amides is 1. The lowest BCUT2D eigenvalue weighted by Crippen LogP contribution is -2.40. The third-order valence-corrected chi connectivity index (χ3v) is 5.65. The van der Waals surface area contributed by atoms with Crippen LogP contribution in [-0.4, -0.2) is 30.0 Å². The molecule has 1 amide bonds. The third-order valence-electron chi connectivity index (χ3n) is 5.65. The van der Waals surface area contributed by atoms with E-state index in [1.165, 1.54) is 11.1 Å². The summed E-state index contributed by atoms with van der Waals surface area (Å²) in [7, 11) is 0. The fraction of sp³-hybridized carbons (Fsp3) is 0.280. The number of rotatable bonds is 7. The molecule has 2 aromatic carbocycles. The first-order chi connectivity index (χ1) is 14.3. The maximum Gasteiger partial charge on any atom is 0.221 e. The Morgan fingerprint density at radius 3 is 2.24 bits per heavy atom. The Balaban J connectivity index is 1.41. The molecule has 0 radical (unpaired) electrons. The second-order valence-corrected chi connectivity index (χ2v) is 7.56. The second kappa shape index (κ2) is 9.37. The predicted molar refractivity (Wildman–Crippen MR) is 117 cm³/mol. The Hall–Kier alpha value is -3.14. The number of hydrogen-bond acceptors (Lipinski definition) is 3. The van der Waals surface area contributed by atoms with Crippen LogP contribution in [0, 0.1) is 0 Å². The number of benzene rings is 2. The highest BCUT2D eigenvalue weighted by Crippen LogP contribution is 2.28. The zero-order chi connectivity index (χ0) is 19.9. The lowest BCUT2D eigenvalue weighted by Gasteiger charge is -2.26. The van der Waals surface area contributed by atoms with E-state index in [2.05, 4.69) is 39.5 Å². The average molecular weight is 386 g/mol. The van der Waals surface area contributed by atoms with Gasteiger partial charge in [-0.15, -0.1) is 0 Å². The van der Waals surface area contributed by atoms with Gasteiger partial charge in [0, 0.05) is 37.7 Å². The summed E-state index contributed by atoms with van der Waals surface area (Å²) in [6, 6.07) is 26.9. The maximum absolute atomic E-state index is 12.9. The van der Waals surface area contributed by atoms with Gasteiger partial charge in [-0.25, -0.2) is 4.98 Å². The van der Waals surface area contributed by atoms with Gasteiger partial charge in [0.25, 0.3) is 0 Å². The molecule has 148 valence electrons. The van der Waals surface area contributed by atoms with Gasteiger partial charge in [0.1, 0.15) is 5.82 Å². The van der Waals surface area contributed by atoms with E-state index in [1.807, 2.05) is 60.8 Å². The summed E-state index contributed by atoms with van der Waals surface area (Å²) in [4.78, 5) is 19.6. The number of carbonyl (C=O) groups is 1. The standard InChI is InChI=1S/C25H27N3O/c29-25(27-19-22-14-9-17-28(22)24-15-7-8-16-26-24)18-23(20-10-3-1-4-11-20)21-12-5-2-6-13-21/h1-8,10-13,15-16,22-23H,9,14,17-19H2,(H,27,29)/t22-/m0/s1. The van der Waals surface area contributed by atoms with Gasteiger partial charge in [-0.1, -0.05) is 66.7 Å². The minimum absolute atomic E-state index is 0.0628. The molecule has 1 aromatic heterocycles. The van der Waals surface area contributed by atoms with Crippen LogP contribution in [0.5, 0.6) is 0 Å². The van der Waals surface area contributed by atoms with Gasteiger partial charge >= 0.3 is 0 Å². The highest BCUT2D eigenvalue weighted by Gasteiger charge is 2.26. The van der Waals surface area contributed by atoms with E-state index in [4.69, 9.17) is 0 Å². The highest BCUT2D eigenvalue weighted by molar-refractivity contribution is 5.77. The van der Waals surface area contributed by atoms with Gasteiger partial charge in [0.05, 0.1) is 0 Å². The molecule has 0 saturated carbocycles. The quantitative estimate of drug-likeness (QED) is 0.656. The molecular formula is C25H27N3O. The van der Waals surface area contributed by atoms with Crippen molar-refractivity contribution in [3.8, 4) is 0 Å². The summed E-state index contributed by atoms with van der Waals surface area (Å²) < 4.78 is 0. The minimum atomic E-state index is 0.0628. The zero-order valence-electron chi connectivity index (χ0n) is 16.6. The highest BCUT2D eigenvalue weighted by atomic mass is 16.1. The zero-order valence-corrected chi connectivity index (χ0v) is 16.6. The number of nitrogens with zero attached hydrogens (tertiary/aromatic N) is 2.